The van der Waals surface area contributed by atoms with Crippen molar-refractivity contribution in [3.63, 3.8) is 0 Å². The lowest BCUT2D eigenvalue weighted by atomic mass is 9.75. The standard InChI is InChI=1S/C22H21ClO3/c1-21(2,3)18(24)13-17(14-9-5-4-6-10-14)22(23)19(25)15-11-7-8-12-16(15)20(22)26/h4-12,17H,13H2,1-3H3/t17-/m0/s1. The molecule has 0 bridgehead atoms. The van der Waals surface area contributed by atoms with Crippen LogP contribution in [0.5, 0.6) is 0 Å². The Morgan fingerprint density at radius 3 is 1.85 bits per heavy atom. The van der Waals surface area contributed by atoms with Crippen LogP contribution in [0.3, 0.4) is 0 Å². The first kappa shape index (κ1) is 18.5. The van der Waals surface area contributed by atoms with Gasteiger partial charge in [-0.05, 0) is 5.56 Å². The molecule has 2 aromatic carbocycles. The van der Waals surface area contributed by atoms with Gasteiger partial charge in [0.15, 0.2) is 16.4 Å². The minimum Gasteiger partial charge on any atom is -0.299 e. The van der Waals surface area contributed by atoms with Crippen LogP contribution in [0.25, 0.3) is 0 Å². The van der Waals surface area contributed by atoms with Crippen molar-refractivity contribution in [2.45, 2.75) is 38.0 Å². The Balaban J connectivity index is 2.12. The van der Waals surface area contributed by atoms with Gasteiger partial charge in [-0.2, -0.15) is 0 Å². The first-order valence-electron chi connectivity index (χ1n) is 8.63. The van der Waals surface area contributed by atoms with Crippen molar-refractivity contribution in [1.82, 2.24) is 0 Å². The average molecular weight is 369 g/mol. The van der Waals surface area contributed by atoms with Gasteiger partial charge in [0.1, 0.15) is 5.78 Å². The van der Waals surface area contributed by atoms with Gasteiger partial charge in [0.25, 0.3) is 0 Å². The molecule has 0 spiro atoms. The normalized spacial score (nSPS) is 17.1. The molecule has 2 aromatic rings. The second-order valence-corrected chi connectivity index (χ2v) is 8.35. The van der Waals surface area contributed by atoms with Crippen LogP contribution >= 0.6 is 11.6 Å². The zero-order chi connectivity index (χ0) is 19.1. The van der Waals surface area contributed by atoms with E-state index < -0.39 is 27.8 Å². The first-order valence-corrected chi connectivity index (χ1v) is 9.01. The number of benzene rings is 2. The Kier molecular flexibility index (Phi) is 4.61. The molecular formula is C22H21ClO3. The molecule has 0 aromatic heterocycles. The number of rotatable bonds is 4. The van der Waals surface area contributed by atoms with Crippen LogP contribution in [-0.4, -0.2) is 22.2 Å². The molecule has 0 saturated carbocycles. The van der Waals surface area contributed by atoms with E-state index in [4.69, 9.17) is 11.6 Å². The summed E-state index contributed by atoms with van der Waals surface area (Å²) in [6.07, 6.45) is 0.0302. The summed E-state index contributed by atoms with van der Waals surface area (Å²) in [7, 11) is 0. The molecule has 26 heavy (non-hydrogen) atoms. The highest BCUT2D eigenvalue weighted by molar-refractivity contribution is 6.55. The summed E-state index contributed by atoms with van der Waals surface area (Å²) >= 11 is 6.78. The van der Waals surface area contributed by atoms with Crippen molar-refractivity contribution in [3.05, 3.63) is 71.3 Å². The molecule has 0 unspecified atom stereocenters. The monoisotopic (exact) mass is 368 g/mol. The van der Waals surface area contributed by atoms with Crippen molar-refractivity contribution < 1.29 is 14.4 Å². The SMILES string of the molecule is CC(C)(C)C(=O)C[C@@H](c1ccccc1)C1(Cl)C(=O)c2ccccc2C1=O. The van der Waals surface area contributed by atoms with Crippen LogP contribution in [0, 0.1) is 5.41 Å². The molecule has 1 atom stereocenters. The smallest absolute Gasteiger partial charge is 0.193 e. The molecular weight excluding hydrogens is 348 g/mol. The molecule has 0 saturated heterocycles. The van der Waals surface area contributed by atoms with E-state index >= 15 is 0 Å². The topological polar surface area (TPSA) is 51.2 Å². The predicted octanol–water partition coefficient (Wildman–Crippen LogP) is 4.83. The second kappa shape index (κ2) is 6.48. The van der Waals surface area contributed by atoms with E-state index in [1.807, 2.05) is 51.1 Å². The van der Waals surface area contributed by atoms with Crippen LogP contribution in [0.1, 0.15) is 59.4 Å². The Bertz CT molecular complexity index is 843. The van der Waals surface area contributed by atoms with E-state index in [-0.39, 0.29) is 12.2 Å². The third-order valence-corrected chi connectivity index (χ3v) is 5.59. The summed E-state index contributed by atoms with van der Waals surface area (Å²) in [6.45, 7) is 5.47. The Hall–Kier alpha value is -2.26. The molecule has 3 nitrogen and oxygen atoms in total. The molecule has 4 heteroatoms. The van der Waals surface area contributed by atoms with Crippen LogP contribution in [-0.2, 0) is 4.79 Å². The molecule has 0 N–H and O–H groups in total. The molecule has 0 radical (unpaired) electrons. The fourth-order valence-corrected chi connectivity index (χ4v) is 3.76. The van der Waals surface area contributed by atoms with Crippen LogP contribution < -0.4 is 0 Å². The van der Waals surface area contributed by atoms with Gasteiger partial charge in [-0.25, -0.2) is 0 Å². The lowest BCUT2D eigenvalue weighted by Crippen LogP contribution is -2.43. The van der Waals surface area contributed by atoms with Crippen molar-refractivity contribution in [2.75, 3.05) is 0 Å². The lowest BCUT2D eigenvalue weighted by molar-refractivity contribution is -0.126. The molecule has 0 amide bonds. The number of carbonyl (C=O) groups is 3. The number of ketones is 3. The van der Waals surface area contributed by atoms with Gasteiger partial charge in [-0.3, -0.25) is 14.4 Å². The van der Waals surface area contributed by atoms with Gasteiger partial charge in [0.2, 0.25) is 0 Å². The van der Waals surface area contributed by atoms with Crippen LogP contribution in [0.4, 0.5) is 0 Å². The Morgan fingerprint density at radius 1 is 0.923 bits per heavy atom. The van der Waals surface area contributed by atoms with Gasteiger partial charge in [-0.1, -0.05) is 75.4 Å². The third-order valence-electron chi connectivity index (χ3n) is 4.99. The minimum absolute atomic E-state index is 0.0302. The van der Waals surface area contributed by atoms with Gasteiger partial charge in [0.05, 0.1) is 0 Å². The van der Waals surface area contributed by atoms with E-state index in [0.717, 1.165) is 5.56 Å². The van der Waals surface area contributed by atoms with E-state index in [1.165, 1.54) is 0 Å². The fourth-order valence-electron chi connectivity index (χ4n) is 3.36. The highest BCUT2D eigenvalue weighted by Gasteiger charge is 2.57. The van der Waals surface area contributed by atoms with Crippen LogP contribution in [0.15, 0.2) is 54.6 Å². The number of fused-ring (bicyclic) bond motifs is 1. The van der Waals surface area contributed by atoms with E-state index in [9.17, 15) is 14.4 Å². The maximum Gasteiger partial charge on any atom is 0.193 e. The predicted molar refractivity (Wildman–Crippen MR) is 102 cm³/mol. The fraction of sp³-hybridized carbons (Fsp3) is 0.318. The van der Waals surface area contributed by atoms with Crippen molar-refractivity contribution in [1.29, 1.82) is 0 Å². The van der Waals surface area contributed by atoms with E-state index in [0.29, 0.717) is 11.1 Å². The number of halogens is 1. The molecule has 3 rings (SSSR count). The first-order chi connectivity index (χ1) is 12.2. The largest absolute Gasteiger partial charge is 0.299 e. The van der Waals surface area contributed by atoms with Crippen molar-refractivity contribution in [3.8, 4) is 0 Å². The minimum atomic E-state index is -1.79. The van der Waals surface area contributed by atoms with Crippen LogP contribution in [0.2, 0.25) is 0 Å². The van der Waals surface area contributed by atoms with Crippen molar-refractivity contribution >= 4 is 29.0 Å². The molecule has 0 heterocycles. The summed E-state index contributed by atoms with van der Waals surface area (Å²) in [4.78, 5) is 37.2. The molecule has 134 valence electrons. The maximum atomic E-state index is 13.1. The lowest BCUT2D eigenvalue weighted by Gasteiger charge is -2.31. The number of hydrogen-bond acceptors (Lipinski definition) is 3. The average Bonchev–Trinajstić information content (AvgIpc) is 2.82. The van der Waals surface area contributed by atoms with Gasteiger partial charge in [0, 0.05) is 28.9 Å². The summed E-state index contributed by atoms with van der Waals surface area (Å²) in [5.41, 5.74) is 0.792. The molecule has 1 aliphatic carbocycles. The van der Waals surface area contributed by atoms with Gasteiger partial charge < -0.3 is 0 Å². The second-order valence-electron chi connectivity index (χ2n) is 7.76. The highest BCUT2D eigenvalue weighted by Crippen LogP contribution is 2.47. The molecule has 0 aliphatic heterocycles. The van der Waals surface area contributed by atoms with E-state index in [1.54, 1.807) is 24.3 Å². The number of carbonyl (C=O) groups excluding carboxylic acids is 3. The quantitative estimate of drug-likeness (QED) is 0.573. The molecule has 0 fully saturated rings. The van der Waals surface area contributed by atoms with Crippen molar-refractivity contribution in [2.24, 2.45) is 5.41 Å². The summed E-state index contributed by atoms with van der Waals surface area (Å²) < 4.78 is 0. The zero-order valence-electron chi connectivity index (χ0n) is 15.1. The summed E-state index contributed by atoms with van der Waals surface area (Å²) in [5, 5.41) is 0. The number of hydrogen-bond donors (Lipinski definition) is 0. The van der Waals surface area contributed by atoms with E-state index in [2.05, 4.69) is 0 Å². The Morgan fingerprint density at radius 2 is 1.38 bits per heavy atom. The summed E-state index contributed by atoms with van der Waals surface area (Å²) in [6, 6.07) is 15.8. The Labute approximate surface area is 158 Å². The van der Waals surface area contributed by atoms with Gasteiger partial charge >= 0.3 is 0 Å². The third kappa shape index (κ3) is 2.90. The maximum absolute atomic E-state index is 13.1. The number of alkyl halides is 1. The highest BCUT2D eigenvalue weighted by atomic mass is 35.5. The summed E-state index contributed by atoms with van der Waals surface area (Å²) in [5.74, 6) is -1.60. The molecule has 1 aliphatic rings. The number of Topliss-reactive ketones (excluding diaryl/α,β-unsaturated/α-hetero) is 3. The zero-order valence-corrected chi connectivity index (χ0v) is 15.8. The van der Waals surface area contributed by atoms with Gasteiger partial charge in [-0.15, -0.1) is 11.6 Å².